The molecule has 0 aromatic rings. The van der Waals surface area contributed by atoms with Crippen LogP contribution in [0, 0.1) is 35.5 Å². The van der Waals surface area contributed by atoms with Gasteiger partial charge in [0.2, 0.25) is 0 Å². The highest BCUT2D eigenvalue weighted by Gasteiger charge is 2.26. The minimum absolute atomic E-state index is 0.221. The Morgan fingerprint density at radius 3 is 2.84 bits per heavy atom. The molecule has 19 heavy (non-hydrogen) atoms. The van der Waals surface area contributed by atoms with Gasteiger partial charge in [0.25, 0.3) is 0 Å². The maximum absolute atomic E-state index is 11.0. The summed E-state index contributed by atoms with van der Waals surface area (Å²) in [6.07, 6.45) is 4.73. The van der Waals surface area contributed by atoms with Gasteiger partial charge >= 0.3 is 5.97 Å². The standard InChI is InChI=1S/C16H16O3/c1-3-4-5-6-7-8-9-11-15-16(19-14(2)17)12-10-13-18-15/h9,11,15-16H,10,12-13H2,1-2H3/b11-9+/t15-,16-/m0/s1. The number of esters is 1. The summed E-state index contributed by atoms with van der Waals surface area (Å²) >= 11 is 0. The van der Waals surface area contributed by atoms with Crippen LogP contribution < -0.4 is 0 Å². The Morgan fingerprint density at radius 1 is 1.32 bits per heavy atom. The zero-order valence-corrected chi connectivity index (χ0v) is 11.2. The van der Waals surface area contributed by atoms with Crippen LogP contribution in [-0.4, -0.2) is 24.8 Å². The van der Waals surface area contributed by atoms with Crippen molar-refractivity contribution in [1.82, 2.24) is 0 Å². The average molecular weight is 256 g/mol. The lowest BCUT2D eigenvalue weighted by atomic mass is 10.1. The van der Waals surface area contributed by atoms with Crippen molar-refractivity contribution < 1.29 is 14.3 Å². The molecule has 0 spiro atoms. The van der Waals surface area contributed by atoms with E-state index in [4.69, 9.17) is 9.47 Å². The van der Waals surface area contributed by atoms with Crippen molar-refractivity contribution in [3.05, 3.63) is 12.2 Å². The van der Waals surface area contributed by atoms with Gasteiger partial charge in [0.1, 0.15) is 12.2 Å². The van der Waals surface area contributed by atoms with Crippen molar-refractivity contribution in [2.24, 2.45) is 0 Å². The predicted octanol–water partition coefficient (Wildman–Crippen LogP) is 1.68. The molecule has 1 aliphatic heterocycles. The maximum atomic E-state index is 11.0. The zero-order valence-electron chi connectivity index (χ0n) is 11.2. The molecule has 0 amide bonds. The number of carbonyl (C=O) groups is 1. The smallest absolute Gasteiger partial charge is 0.303 e. The molecule has 0 N–H and O–H groups in total. The van der Waals surface area contributed by atoms with Gasteiger partial charge in [-0.25, -0.2) is 0 Å². The summed E-state index contributed by atoms with van der Waals surface area (Å²) in [6, 6.07) is 0. The number of rotatable bonds is 2. The van der Waals surface area contributed by atoms with Crippen LogP contribution in [0.1, 0.15) is 26.7 Å². The minimum atomic E-state index is -0.288. The summed E-state index contributed by atoms with van der Waals surface area (Å²) in [5.41, 5.74) is 0. The van der Waals surface area contributed by atoms with Crippen molar-refractivity contribution in [2.45, 2.75) is 38.9 Å². The van der Waals surface area contributed by atoms with E-state index < -0.39 is 0 Å². The fourth-order valence-corrected chi connectivity index (χ4v) is 1.64. The second kappa shape index (κ2) is 8.87. The molecule has 0 aromatic carbocycles. The van der Waals surface area contributed by atoms with Crippen LogP contribution >= 0.6 is 0 Å². The monoisotopic (exact) mass is 256 g/mol. The lowest BCUT2D eigenvalue weighted by molar-refractivity contribution is -0.157. The van der Waals surface area contributed by atoms with E-state index in [1.54, 1.807) is 19.1 Å². The highest BCUT2D eigenvalue weighted by atomic mass is 16.6. The van der Waals surface area contributed by atoms with E-state index in [2.05, 4.69) is 35.5 Å². The first-order chi connectivity index (χ1) is 9.24. The lowest BCUT2D eigenvalue weighted by Crippen LogP contribution is -2.35. The first kappa shape index (κ1) is 14.9. The van der Waals surface area contributed by atoms with Gasteiger partial charge in [0.05, 0.1) is 0 Å². The van der Waals surface area contributed by atoms with Crippen molar-refractivity contribution in [3.8, 4) is 35.5 Å². The van der Waals surface area contributed by atoms with Gasteiger partial charge < -0.3 is 9.47 Å². The van der Waals surface area contributed by atoms with Crippen molar-refractivity contribution in [3.63, 3.8) is 0 Å². The van der Waals surface area contributed by atoms with Crippen LogP contribution in [0.4, 0.5) is 0 Å². The van der Waals surface area contributed by atoms with Gasteiger partial charge in [-0.1, -0.05) is 11.8 Å². The second-order valence-electron chi connectivity index (χ2n) is 3.88. The van der Waals surface area contributed by atoms with Gasteiger partial charge in [-0.15, -0.1) is 0 Å². The topological polar surface area (TPSA) is 35.5 Å². The van der Waals surface area contributed by atoms with Gasteiger partial charge in [0.15, 0.2) is 0 Å². The molecular weight excluding hydrogens is 240 g/mol. The minimum Gasteiger partial charge on any atom is -0.459 e. The molecule has 1 heterocycles. The quantitative estimate of drug-likeness (QED) is 0.557. The summed E-state index contributed by atoms with van der Waals surface area (Å²) in [5, 5.41) is 0. The summed E-state index contributed by atoms with van der Waals surface area (Å²) < 4.78 is 10.8. The van der Waals surface area contributed by atoms with Gasteiger partial charge in [0, 0.05) is 13.5 Å². The number of allylic oxidation sites excluding steroid dienone is 1. The SMILES string of the molecule is CC#CC#CC#C/C=C/[C@@H]1OCCC[C@@H]1OC(C)=O. The molecule has 0 unspecified atom stereocenters. The van der Waals surface area contributed by atoms with E-state index in [-0.39, 0.29) is 18.2 Å². The third kappa shape index (κ3) is 6.37. The van der Waals surface area contributed by atoms with Gasteiger partial charge in [-0.2, -0.15) is 0 Å². The molecule has 0 saturated carbocycles. The Bertz CT molecular complexity index is 511. The van der Waals surface area contributed by atoms with Crippen LogP contribution in [0.5, 0.6) is 0 Å². The molecule has 0 radical (unpaired) electrons. The van der Waals surface area contributed by atoms with E-state index >= 15 is 0 Å². The number of carbonyl (C=O) groups excluding carboxylic acids is 1. The van der Waals surface area contributed by atoms with E-state index in [1.165, 1.54) is 6.92 Å². The Balaban J connectivity index is 2.54. The van der Waals surface area contributed by atoms with Gasteiger partial charge in [-0.05, 0) is 55.6 Å². The first-order valence-electron chi connectivity index (χ1n) is 6.12. The molecule has 0 bridgehead atoms. The van der Waals surface area contributed by atoms with Crippen molar-refractivity contribution >= 4 is 5.97 Å². The van der Waals surface area contributed by atoms with Crippen LogP contribution in [0.15, 0.2) is 12.2 Å². The van der Waals surface area contributed by atoms with Gasteiger partial charge in [-0.3, -0.25) is 4.79 Å². The van der Waals surface area contributed by atoms with Crippen LogP contribution in [0.2, 0.25) is 0 Å². The highest BCUT2D eigenvalue weighted by molar-refractivity contribution is 5.66. The molecule has 1 saturated heterocycles. The molecule has 1 fully saturated rings. The predicted molar refractivity (Wildman–Crippen MR) is 72.7 cm³/mol. The molecule has 0 aliphatic carbocycles. The number of ether oxygens (including phenoxy) is 2. The lowest BCUT2D eigenvalue weighted by Gasteiger charge is -2.28. The van der Waals surface area contributed by atoms with E-state index in [0.29, 0.717) is 6.61 Å². The molecule has 1 rings (SSSR count). The summed E-state index contributed by atoms with van der Waals surface area (Å²) in [4.78, 5) is 11.0. The van der Waals surface area contributed by atoms with Crippen LogP contribution in [0.3, 0.4) is 0 Å². The summed E-state index contributed by atoms with van der Waals surface area (Å²) in [6.45, 7) is 3.79. The fourth-order valence-electron chi connectivity index (χ4n) is 1.64. The fraction of sp³-hybridized carbons (Fsp3) is 0.438. The third-order valence-corrected chi connectivity index (χ3v) is 2.38. The number of hydrogen-bond acceptors (Lipinski definition) is 3. The molecule has 98 valence electrons. The molecule has 2 atom stereocenters. The Kier molecular flexibility index (Phi) is 6.96. The largest absolute Gasteiger partial charge is 0.459 e. The highest BCUT2D eigenvalue weighted by Crippen LogP contribution is 2.18. The normalized spacial score (nSPS) is 21.2. The molecule has 3 heteroatoms. The first-order valence-corrected chi connectivity index (χ1v) is 6.12. The van der Waals surface area contributed by atoms with Crippen LogP contribution in [-0.2, 0) is 14.3 Å². The molecular formula is C16H16O3. The average Bonchev–Trinajstić information content (AvgIpc) is 2.39. The van der Waals surface area contributed by atoms with E-state index in [9.17, 15) is 4.79 Å². The zero-order chi connectivity index (χ0) is 13.9. The van der Waals surface area contributed by atoms with Crippen molar-refractivity contribution in [2.75, 3.05) is 6.61 Å². The maximum Gasteiger partial charge on any atom is 0.303 e. The Labute approximate surface area is 114 Å². The molecule has 0 aromatic heterocycles. The molecule has 1 aliphatic rings. The Morgan fingerprint density at radius 2 is 2.11 bits per heavy atom. The third-order valence-electron chi connectivity index (χ3n) is 2.38. The van der Waals surface area contributed by atoms with Crippen LogP contribution in [0.25, 0.3) is 0 Å². The second-order valence-corrected chi connectivity index (χ2v) is 3.88. The Hall–Kier alpha value is -2.15. The summed E-state index contributed by atoms with van der Waals surface area (Å²) in [7, 11) is 0. The van der Waals surface area contributed by atoms with E-state index in [0.717, 1.165) is 12.8 Å². The van der Waals surface area contributed by atoms with Crippen molar-refractivity contribution in [1.29, 1.82) is 0 Å². The summed E-state index contributed by atoms with van der Waals surface area (Å²) in [5.74, 6) is 15.6. The number of hydrogen-bond donors (Lipinski definition) is 0. The molecule has 3 nitrogen and oxygen atoms in total. The van der Waals surface area contributed by atoms with E-state index in [1.807, 2.05) is 0 Å².